The molecule has 0 fully saturated rings. The molecule has 0 unspecified atom stereocenters. The molecule has 0 radical (unpaired) electrons. The molecule has 0 aliphatic heterocycles. The Morgan fingerprint density at radius 1 is 1.20 bits per heavy atom. The second-order valence-corrected chi connectivity index (χ2v) is 6.31. The number of rotatable bonds is 3. The second kappa shape index (κ2) is 6.12. The topological polar surface area (TPSA) is 110 Å². The maximum absolute atomic E-state index is 13.1. The number of benzene rings is 2. The predicted octanol–water partition coefficient (Wildman–Crippen LogP) is 1.70. The van der Waals surface area contributed by atoms with Gasteiger partial charge >= 0.3 is 0 Å². The highest BCUT2D eigenvalue weighted by atomic mass is 16.5. The lowest BCUT2D eigenvalue weighted by Gasteiger charge is -2.23. The summed E-state index contributed by atoms with van der Waals surface area (Å²) in [4.78, 5) is 29.2. The molecule has 1 aromatic heterocycles. The Hall–Kier alpha value is -3.03. The van der Waals surface area contributed by atoms with Crippen LogP contribution >= 0.6 is 0 Å². The summed E-state index contributed by atoms with van der Waals surface area (Å²) < 4.78 is 1.48. The zero-order valence-corrected chi connectivity index (χ0v) is 13.9. The molecule has 7 heteroatoms. The zero-order valence-electron chi connectivity index (χ0n) is 13.9. The number of para-hydroxylation sites is 1. The van der Waals surface area contributed by atoms with Crippen LogP contribution in [-0.4, -0.2) is 20.7 Å². The summed E-state index contributed by atoms with van der Waals surface area (Å²) in [5.74, 6) is -0.303. The van der Waals surface area contributed by atoms with E-state index in [-0.39, 0.29) is 11.1 Å². The molecule has 128 valence electrons. The lowest BCUT2D eigenvalue weighted by Crippen LogP contribution is -2.38. The van der Waals surface area contributed by atoms with Crippen molar-refractivity contribution in [1.29, 1.82) is 0 Å². The van der Waals surface area contributed by atoms with Crippen molar-refractivity contribution in [3.63, 3.8) is 0 Å². The van der Waals surface area contributed by atoms with Crippen molar-refractivity contribution in [2.24, 2.45) is 5.73 Å². The first kappa shape index (κ1) is 16.8. The van der Waals surface area contributed by atoms with E-state index in [0.717, 1.165) is 0 Å². The first-order valence-electron chi connectivity index (χ1n) is 7.69. The lowest BCUT2D eigenvalue weighted by atomic mass is 10.0. The third kappa shape index (κ3) is 3.02. The highest BCUT2D eigenvalue weighted by Crippen LogP contribution is 2.21. The van der Waals surface area contributed by atoms with Gasteiger partial charge in [-0.2, -0.15) is 0 Å². The van der Waals surface area contributed by atoms with Gasteiger partial charge in [0.25, 0.3) is 11.5 Å². The van der Waals surface area contributed by atoms with Crippen molar-refractivity contribution in [2.45, 2.75) is 19.4 Å². The molecule has 0 aliphatic carbocycles. The fraction of sp³-hybridized carbons (Fsp3) is 0.167. The van der Waals surface area contributed by atoms with E-state index in [1.165, 1.54) is 22.8 Å². The van der Waals surface area contributed by atoms with Crippen LogP contribution in [0.1, 0.15) is 30.0 Å². The van der Waals surface area contributed by atoms with Gasteiger partial charge in [-0.15, -0.1) is 0 Å². The number of amides is 1. The molecule has 25 heavy (non-hydrogen) atoms. The summed E-state index contributed by atoms with van der Waals surface area (Å²) >= 11 is 0. The molecule has 1 amide bonds. The minimum Gasteiger partial charge on any atom is -0.319 e. The van der Waals surface area contributed by atoms with Crippen molar-refractivity contribution < 1.29 is 10.0 Å². The van der Waals surface area contributed by atoms with Crippen LogP contribution in [0.3, 0.4) is 0 Å². The summed E-state index contributed by atoms with van der Waals surface area (Å²) in [6, 6.07) is 13.5. The number of hydrogen-bond acceptors (Lipinski definition) is 5. The molecule has 7 nitrogen and oxygen atoms in total. The predicted molar refractivity (Wildman–Crippen MR) is 93.8 cm³/mol. The van der Waals surface area contributed by atoms with Gasteiger partial charge in [0, 0.05) is 5.56 Å². The van der Waals surface area contributed by atoms with Gasteiger partial charge in [0.2, 0.25) is 0 Å². The van der Waals surface area contributed by atoms with E-state index < -0.39 is 11.4 Å². The number of hydroxylamine groups is 1. The highest BCUT2D eigenvalue weighted by Gasteiger charge is 2.24. The van der Waals surface area contributed by atoms with Crippen LogP contribution in [-0.2, 0) is 5.54 Å². The Labute approximate surface area is 143 Å². The smallest absolute Gasteiger partial charge is 0.274 e. The van der Waals surface area contributed by atoms with Gasteiger partial charge in [0.1, 0.15) is 5.82 Å². The number of aromatic nitrogens is 2. The van der Waals surface area contributed by atoms with Crippen molar-refractivity contribution >= 4 is 16.8 Å². The number of hydrogen-bond donors (Lipinski definition) is 3. The number of nitrogens with zero attached hydrogens (tertiary/aromatic N) is 2. The molecule has 0 atom stereocenters. The Bertz CT molecular complexity index is 1000. The molecule has 4 N–H and O–H groups in total. The van der Waals surface area contributed by atoms with Gasteiger partial charge in [-0.25, -0.2) is 10.5 Å². The molecule has 0 spiro atoms. The molecule has 3 aromatic rings. The molecule has 0 bridgehead atoms. The van der Waals surface area contributed by atoms with Crippen LogP contribution in [0.5, 0.6) is 0 Å². The largest absolute Gasteiger partial charge is 0.319 e. The number of nitrogens with two attached hydrogens (primary N) is 1. The maximum Gasteiger partial charge on any atom is 0.274 e. The Kier molecular flexibility index (Phi) is 4.12. The van der Waals surface area contributed by atoms with E-state index in [4.69, 9.17) is 10.9 Å². The normalized spacial score (nSPS) is 11.5. The molecule has 0 aliphatic rings. The fourth-order valence-electron chi connectivity index (χ4n) is 2.64. The third-order valence-corrected chi connectivity index (χ3v) is 3.82. The average molecular weight is 338 g/mol. The molecular weight excluding hydrogens is 320 g/mol. The Morgan fingerprint density at radius 2 is 1.88 bits per heavy atom. The SMILES string of the molecule is CC(C)(N)c1nc2cc(C(=O)NO)ccc2c(=O)n1-c1ccccc1. The number of fused-ring (bicyclic) bond motifs is 1. The minimum absolute atomic E-state index is 0.195. The quantitative estimate of drug-likeness (QED) is 0.497. The van der Waals surface area contributed by atoms with E-state index in [1.807, 2.05) is 18.2 Å². The van der Waals surface area contributed by atoms with Crippen LogP contribution in [0.2, 0.25) is 0 Å². The molecule has 2 aromatic carbocycles. The minimum atomic E-state index is -0.890. The van der Waals surface area contributed by atoms with Gasteiger partial charge < -0.3 is 5.73 Å². The third-order valence-electron chi connectivity index (χ3n) is 3.82. The highest BCUT2D eigenvalue weighted by molar-refractivity contribution is 5.97. The standard InChI is InChI=1S/C18H18N4O3/c1-18(2,19)17-20-14-10-11(15(23)21-25)8-9-13(14)16(24)22(17)12-6-4-3-5-7-12/h3-10,25H,19H2,1-2H3,(H,21,23). The fourth-order valence-corrected chi connectivity index (χ4v) is 2.64. The van der Waals surface area contributed by atoms with Crippen LogP contribution < -0.4 is 16.8 Å². The summed E-state index contributed by atoms with van der Waals surface area (Å²) in [5, 5.41) is 9.14. The Balaban J connectivity index is 2.38. The van der Waals surface area contributed by atoms with Gasteiger partial charge in [-0.05, 0) is 44.2 Å². The maximum atomic E-state index is 13.1. The molecule has 3 rings (SSSR count). The van der Waals surface area contributed by atoms with E-state index in [1.54, 1.807) is 31.5 Å². The molecule has 0 saturated carbocycles. The van der Waals surface area contributed by atoms with Gasteiger partial charge in [0.15, 0.2) is 0 Å². The van der Waals surface area contributed by atoms with Gasteiger partial charge in [-0.3, -0.25) is 19.4 Å². The van der Waals surface area contributed by atoms with Crippen LogP contribution in [0, 0.1) is 0 Å². The van der Waals surface area contributed by atoms with Gasteiger partial charge in [-0.1, -0.05) is 18.2 Å². The first-order chi connectivity index (χ1) is 11.8. The van der Waals surface area contributed by atoms with Crippen LogP contribution in [0.15, 0.2) is 53.3 Å². The van der Waals surface area contributed by atoms with E-state index in [9.17, 15) is 9.59 Å². The second-order valence-electron chi connectivity index (χ2n) is 6.31. The average Bonchev–Trinajstić information content (AvgIpc) is 2.60. The number of carbonyl (C=O) groups is 1. The van der Waals surface area contributed by atoms with E-state index >= 15 is 0 Å². The lowest BCUT2D eigenvalue weighted by molar-refractivity contribution is 0.0706. The van der Waals surface area contributed by atoms with Crippen molar-refractivity contribution in [2.75, 3.05) is 0 Å². The molecular formula is C18H18N4O3. The first-order valence-corrected chi connectivity index (χ1v) is 7.69. The Morgan fingerprint density at radius 3 is 2.48 bits per heavy atom. The zero-order chi connectivity index (χ0) is 18.2. The summed E-state index contributed by atoms with van der Waals surface area (Å²) in [5.41, 5.74) is 7.83. The number of carbonyl (C=O) groups excluding carboxylic acids is 1. The molecule has 0 saturated heterocycles. The monoisotopic (exact) mass is 338 g/mol. The molecule has 1 heterocycles. The number of nitrogens with one attached hydrogen (secondary N) is 1. The van der Waals surface area contributed by atoms with Gasteiger partial charge in [0.05, 0.1) is 22.1 Å². The van der Waals surface area contributed by atoms with E-state index in [2.05, 4.69) is 4.98 Å². The van der Waals surface area contributed by atoms with Crippen LogP contribution in [0.25, 0.3) is 16.6 Å². The van der Waals surface area contributed by atoms with Crippen molar-refractivity contribution in [1.82, 2.24) is 15.0 Å². The summed E-state index contributed by atoms with van der Waals surface area (Å²) in [7, 11) is 0. The van der Waals surface area contributed by atoms with Crippen molar-refractivity contribution in [3.8, 4) is 5.69 Å². The van der Waals surface area contributed by atoms with Crippen molar-refractivity contribution in [3.05, 3.63) is 70.3 Å². The summed E-state index contributed by atoms with van der Waals surface area (Å²) in [6.45, 7) is 3.51. The van der Waals surface area contributed by atoms with E-state index in [0.29, 0.717) is 22.4 Å². The van der Waals surface area contributed by atoms with Crippen LogP contribution in [0.4, 0.5) is 0 Å². The summed E-state index contributed by atoms with van der Waals surface area (Å²) in [6.07, 6.45) is 0.